The largest absolute Gasteiger partial charge is 0.304 e. The Labute approximate surface area is 95.7 Å². The standard InChI is InChI=1S/C11H16ClN3/c1-14-5-7-15(8-6-14)9-10-3-2-4-13-11(10)12/h2-4H,5-9H2,1H3. The van der Waals surface area contributed by atoms with Crippen LogP contribution in [-0.2, 0) is 6.54 Å². The normalized spacial score (nSPS) is 19.3. The van der Waals surface area contributed by atoms with E-state index >= 15 is 0 Å². The molecule has 1 aliphatic heterocycles. The zero-order chi connectivity index (χ0) is 10.7. The molecule has 3 nitrogen and oxygen atoms in total. The van der Waals surface area contributed by atoms with Gasteiger partial charge in [0.1, 0.15) is 5.15 Å². The monoisotopic (exact) mass is 225 g/mol. The van der Waals surface area contributed by atoms with Crippen LogP contribution in [0.1, 0.15) is 5.56 Å². The highest BCUT2D eigenvalue weighted by Crippen LogP contribution is 2.14. The van der Waals surface area contributed by atoms with Crippen molar-refractivity contribution in [2.24, 2.45) is 0 Å². The molecule has 1 aromatic rings. The van der Waals surface area contributed by atoms with E-state index < -0.39 is 0 Å². The second-order valence-electron chi connectivity index (χ2n) is 4.03. The average Bonchev–Trinajstić information content (AvgIpc) is 2.25. The molecule has 1 aromatic heterocycles. The van der Waals surface area contributed by atoms with E-state index in [2.05, 4.69) is 21.8 Å². The van der Waals surface area contributed by atoms with Gasteiger partial charge in [0, 0.05) is 44.5 Å². The summed E-state index contributed by atoms with van der Waals surface area (Å²) in [6.45, 7) is 5.42. The molecule has 1 saturated heterocycles. The van der Waals surface area contributed by atoms with Crippen molar-refractivity contribution in [3.8, 4) is 0 Å². The maximum absolute atomic E-state index is 6.02. The number of rotatable bonds is 2. The molecule has 0 aromatic carbocycles. The topological polar surface area (TPSA) is 19.4 Å². The predicted molar refractivity (Wildman–Crippen MR) is 62.0 cm³/mol. The highest BCUT2D eigenvalue weighted by atomic mass is 35.5. The van der Waals surface area contributed by atoms with Crippen molar-refractivity contribution in [3.63, 3.8) is 0 Å². The first-order chi connectivity index (χ1) is 7.25. The van der Waals surface area contributed by atoms with E-state index in [1.807, 2.05) is 12.1 Å². The molecule has 4 heteroatoms. The Kier molecular flexibility index (Phi) is 3.57. The summed E-state index contributed by atoms with van der Waals surface area (Å²) in [5.74, 6) is 0. The minimum atomic E-state index is 0.636. The smallest absolute Gasteiger partial charge is 0.133 e. The number of likely N-dealkylation sites (N-methyl/N-ethyl adjacent to an activating group) is 1. The van der Waals surface area contributed by atoms with Crippen LogP contribution in [0.3, 0.4) is 0 Å². The third kappa shape index (κ3) is 2.91. The SMILES string of the molecule is CN1CCN(Cc2cccnc2Cl)CC1. The molecule has 0 bridgehead atoms. The van der Waals surface area contributed by atoms with Crippen molar-refractivity contribution in [2.45, 2.75) is 6.54 Å². The quantitative estimate of drug-likeness (QED) is 0.711. The third-order valence-electron chi connectivity index (χ3n) is 2.83. The summed E-state index contributed by atoms with van der Waals surface area (Å²) >= 11 is 6.02. The lowest BCUT2D eigenvalue weighted by Gasteiger charge is -2.32. The molecule has 0 N–H and O–H groups in total. The van der Waals surface area contributed by atoms with Crippen molar-refractivity contribution in [1.29, 1.82) is 0 Å². The van der Waals surface area contributed by atoms with E-state index in [0.717, 1.165) is 38.3 Å². The molecule has 0 aliphatic carbocycles. The zero-order valence-electron chi connectivity index (χ0n) is 8.99. The lowest BCUT2D eigenvalue weighted by atomic mass is 10.2. The maximum Gasteiger partial charge on any atom is 0.133 e. The van der Waals surface area contributed by atoms with Crippen LogP contribution in [0.15, 0.2) is 18.3 Å². The van der Waals surface area contributed by atoms with E-state index in [0.29, 0.717) is 5.15 Å². The second-order valence-corrected chi connectivity index (χ2v) is 4.39. The summed E-state index contributed by atoms with van der Waals surface area (Å²) in [7, 11) is 2.16. The van der Waals surface area contributed by atoms with Crippen molar-refractivity contribution in [3.05, 3.63) is 29.0 Å². The average molecular weight is 226 g/mol. The number of nitrogens with zero attached hydrogens (tertiary/aromatic N) is 3. The first-order valence-electron chi connectivity index (χ1n) is 5.26. The molecule has 1 aliphatic rings. The van der Waals surface area contributed by atoms with Gasteiger partial charge in [-0.2, -0.15) is 0 Å². The second kappa shape index (κ2) is 4.92. The molecule has 0 radical (unpaired) electrons. The fourth-order valence-corrected chi connectivity index (χ4v) is 1.96. The first-order valence-corrected chi connectivity index (χ1v) is 5.64. The fourth-order valence-electron chi connectivity index (χ4n) is 1.78. The molecule has 1 fully saturated rings. The summed E-state index contributed by atoms with van der Waals surface area (Å²) in [4.78, 5) is 8.86. The van der Waals surface area contributed by atoms with Crippen LogP contribution in [0.2, 0.25) is 5.15 Å². The van der Waals surface area contributed by atoms with Gasteiger partial charge in [-0.3, -0.25) is 4.90 Å². The number of hydrogen-bond donors (Lipinski definition) is 0. The molecule has 0 unspecified atom stereocenters. The molecule has 0 spiro atoms. The van der Waals surface area contributed by atoms with Crippen LogP contribution in [0.4, 0.5) is 0 Å². The van der Waals surface area contributed by atoms with Gasteiger partial charge in [-0.05, 0) is 13.1 Å². The van der Waals surface area contributed by atoms with Crippen LogP contribution in [0, 0.1) is 0 Å². The van der Waals surface area contributed by atoms with Gasteiger partial charge in [-0.15, -0.1) is 0 Å². The van der Waals surface area contributed by atoms with Crippen LogP contribution in [0.25, 0.3) is 0 Å². The zero-order valence-corrected chi connectivity index (χ0v) is 9.74. The maximum atomic E-state index is 6.02. The van der Waals surface area contributed by atoms with Gasteiger partial charge < -0.3 is 4.90 Å². The molecule has 15 heavy (non-hydrogen) atoms. The highest BCUT2D eigenvalue weighted by molar-refractivity contribution is 6.30. The van der Waals surface area contributed by atoms with Crippen LogP contribution in [-0.4, -0.2) is 48.0 Å². The summed E-state index contributed by atoms with van der Waals surface area (Å²) in [5, 5.41) is 0.636. The summed E-state index contributed by atoms with van der Waals surface area (Å²) in [6, 6.07) is 3.99. The highest BCUT2D eigenvalue weighted by Gasteiger charge is 2.14. The van der Waals surface area contributed by atoms with Gasteiger partial charge in [-0.1, -0.05) is 17.7 Å². The molecule has 2 rings (SSSR count). The Morgan fingerprint density at radius 3 is 2.73 bits per heavy atom. The third-order valence-corrected chi connectivity index (χ3v) is 3.17. The Morgan fingerprint density at radius 1 is 1.33 bits per heavy atom. The van der Waals surface area contributed by atoms with Gasteiger partial charge in [0.2, 0.25) is 0 Å². The summed E-state index contributed by atoms with van der Waals surface area (Å²) in [5.41, 5.74) is 1.13. The lowest BCUT2D eigenvalue weighted by molar-refractivity contribution is 0.148. The van der Waals surface area contributed by atoms with Crippen LogP contribution < -0.4 is 0 Å². The van der Waals surface area contributed by atoms with E-state index in [1.165, 1.54) is 0 Å². The van der Waals surface area contributed by atoms with E-state index in [4.69, 9.17) is 11.6 Å². The summed E-state index contributed by atoms with van der Waals surface area (Å²) < 4.78 is 0. The van der Waals surface area contributed by atoms with Crippen molar-refractivity contribution in [2.75, 3.05) is 33.2 Å². The molecular formula is C11H16ClN3. The number of piperazine rings is 1. The van der Waals surface area contributed by atoms with Gasteiger partial charge in [0.25, 0.3) is 0 Å². The minimum Gasteiger partial charge on any atom is -0.304 e. The van der Waals surface area contributed by atoms with Crippen molar-refractivity contribution >= 4 is 11.6 Å². The van der Waals surface area contributed by atoms with Gasteiger partial charge >= 0.3 is 0 Å². The van der Waals surface area contributed by atoms with Crippen LogP contribution >= 0.6 is 11.6 Å². The van der Waals surface area contributed by atoms with Gasteiger partial charge in [0.05, 0.1) is 0 Å². The molecule has 0 saturated carbocycles. The van der Waals surface area contributed by atoms with E-state index in [1.54, 1.807) is 6.20 Å². The summed E-state index contributed by atoms with van der Waals surface area (Å²) in [6.07, 6.45) is 1.73. The lowest BCUT2D eigenvalue weighted by Crippen LogP contribution is -2.43. The van der Waals surface area contributed by atoms with Crippen LogP contribution in [0.5, 0.6) is 0 Å². The minimum absolute atomic E-state index is 0.636. The van der Waals surface area contributed by atoms with E-state index in [9.17, 15) is 0 Å². The van der Waals surface area contributed by atoms with E-state index in [-0.39, 0.29) is 0 Å². The first kappa shape index (κ1) is 10.9. The number of halogens is 1. The molecule has 2 heterocycles. The Bertz CT molecular complexity index is 321. The molecular weight excluding hydrogens is 210 g/mol. The molecule has 82 valence electrons. The number of aromatic nitrogens is 1. The predicted octanol–water partition coefficient (Wildman–Crippen LogP) is 1.48. The van der Waals surface area contributed by atoms with Gasteiger partial charge in [-0.25, -0.2) is 4.98 Å². The Morgan fingerprint density at radius 2 is 2.07 bits per heavy atom. The number of hydrogen-bond acceptors (Lipinski definition) is 3. The molecule has 0 amide bonds. The Hall–Kier alpha value is -0.640. The fraction of sp³-hybridized carbons (Fsp3) is 0.545. The Balaban J connectivity index is 1.95. The van der Waals surface area contributed by atoms with Crippen molar-refractivity contribution in [1.82, 2.24) is 14.8 Å². The number of pyridine rings is 1. The van der Waals surface area contributed by atoms with Crippen molar-refractivity contribution < 1.29 is 0 Å². The molecule has 0 atom stereocenters. The van der Waals surface area contributed by atoms with Gasteiger partial charge in [0.15, 0.2) is 0 Å².